The molecule has 6 aliphatic rings. The summed E-state index contributed by atoms with van der Waals surface area (Å²) in [6, 6.07) is 12.5. The second-order valence-corrected chi connectivity index (χ2v) is 21.5. The highest BCUT2D eigenvalue weighted by molar-refractivity contribution is 6.03. The summed E-state index contributed by atoms with van der Waals surface area (Å²) in [7, 11) is 3.59. The van der Waals surface area contributed by atoms with Gasteiger partial charge in [0, 0.05) is 94.3 Å². The molecule has 4 N–H and O–H groups in total. The molecule has 0 radical (unpaired) electrons. The monoisotopic (exact) mass is 995 g/mol. The van der Waals surface area contributed by atoms with Gasteiger partial charge in [0.2, 0.25) is 11.8 Å². The van der Waals surface area contributed by atoms with E-state index < -0.39 is 11.6 Å². The Morgan fingerprint density at radius 1 is 1.01 bits per heavy atom. The Labute approximate surface area is 424 Å². The van der Waals surface area contributed by atoms with Crippen LogP contribution in [-0.2, 0) is 14.4 Å². The van der Waals surface area contributed by atoms with Crippen LogP contribution in [0, 0.1) is 41.2 Å². The number of hydrogen-bond donors (Lipinski definition) is 4. The number of carbonyl (C=O) groups excluding carboxylic acids is 3. The topological polar surface area (TPSA) is 168 Å². The number of rotatable bonds is 15. The van der Waals surface area contributed by atoms with Gasteiger partial charge in [-0.15, -0.1) is 6.42 Å². The van der Waals surface area contributed by atoms with Crippen LogP contribution < -0.4 is 30.7 Å². The van der Waals surface area contributed by atoms with E-state index in [1.165, 1.54) is 29.8 Å². The lowest BCUT2D eigenvalue weighted by Crippen LogP contribution is -2.51. The lowest BCUT2D eigenvalue weighted by Gasteiger charge is -2.36. The first-order chi connectivity index (χ1) is 35.4. The number of benzene rings is 3. The molecule has 1 aliphatic carbocycles. The molecule has 73 heavy (non-hydrogen) atoms. The summed E-state index contributed by atoms with van der Waals surface area (Å²) in [5, 5.41) is 20.3. The van der Waals surface area contributed by atoms with Gasteiger partial charge in [-0.1, -0.05) is 24.1 Å². The third-order valence-electron chi connectivity index (χ3n) is 16.8. The average Bonchev–Trinajstić information content (AvgIpc) is 3.98. The predicted molar refractivity (Wildman–Crippen MR) is 275 cm³/mol. The van der Waals surface area contributed by atoms with Gasteiger partial charge < -0.3 is 45.0 Å². The number of piperazine rings is 1. The van der Waals surface area contributed by atoms with Crippen molar-refractivity contribution in [3.63, 3.8) is 0 Å². The van der Waals surface area contributed by atoms with Gasteiger partial charge in [0.15, 0.2) is 5.82 Å². The van der Waals surface area contributed by atoms with Crippen molar-refractivity contribution in [2.24, 2.45) is 17.3 Å². The Morgan fingerprint density at radius 2 is 1.78 bits per heavy atom. The van der Waals surface area contributed by atoms with Crippen LogP contribution in [0.3, 0.4) is 0 Å². The number of phenolic OH excluding ortho intramolecular Hbond substituents is 1. The summed E-state index contributed by atoms with van der Waals surface area (Å²) < 4.78 is 38.7. The minimum absolute atomic E-state index is 0.0266. The number of anilines is 2. The Balaban J connectivity index is 0.716. The number of fused-ring (bicyclic) bond motifs is 5. The van der Waals surface area contributed by atoms with E-state index in [4.69, 9.17) is 21.1 Å². The molecule has 3 aromatic carbocycles. The Morgan fingerprint density at radius 3 is 2.49 bits per heavy atom. The van der Waals surface area contributed by atoms with Gasteiger partial charge >= 0.3 is 6.01 Å². The van der Waals surface area contributed by atoms with Crippen LogP contribution in [0.4, 0.5) is 20.3 Å². The molecule has 4 unspecified atom stereocenters. The molecule has 7 heterocycles. The molecule has 2 amide bonds. The van der Waals surface area contributed by atoms with Crippen molar-refractivity contribution < 1.29 is 33.0 Å². The van der Waals surface area contributed by atoms with E-state index >= 15 is 8.78 Å². The first-order valence-electron chi connectivity index (χ1n) is 26.1. The quantitative estimate of drug-likeness (QED) is 0.0643. The number of hydrazine groups is 1. The number of ether oxygens (including phenoxy) is 1. The van der Waals surface area contributed by atoms with Gasteiger partial charge in [0.25, 0.3) is 0 Å². The smallest absolute Gasteiger partial charge is 0.319 e. The Hall–Kier alpha value is -6.48. The highest BCUT2D eigenvalue weighted by atomic mass is 19.1. The van der Waals surface area contributed by atoms with Crippen LogP contribution in [0.15, 0.2) is 48.7 Å². The van der Waals surface area contributed by atoms with Gasteiger partial charge in [0.1, 0.15) is 34.9 Å². The molecular weight excluding hydrogens is 931 g/mol. The third kappa shape index (κ3) is 9.65. The third-order valence-corrected chi connectivity index (χ3v) is 16.8. The van der Waals surface area contributed by atoms with Crippen LogP contribution >= 0.6 is 0 Å². The first kappa shape index (κ1) is 48.8. The van der Waals surface area contributed by atoms with Crippen LogP contribution in [0.5, 0.6) is 11.8 Å². The number of amides is 2. The maximum absolute atomic E-state index is 17.1. The van der Waals surface area contributed by atoms with Crippen LogP contribution in [0.2, 0.25) is 0 Å². The second kappa shape index (κ2) is 20.1. The van der Waals surface area contributed by atoms with Crippen LogP contribution in [0.1, 0.15) is 99.3 Å². The molecule has 5 aromatic rings. The number of nitrogens with zero attached hydrogens (tertiary/aromatic N) is 7. The molecule has 2 aromatic heterocycles. The van der Waals surface area contributed by atoms with Crippen molar-refractivity contribution in [1.82, 2.24) is 40.8 Å². The molecule has 15 nitrogen and oxygen atoms in total. The fraction of sp³-hybridized carbons (Fsp3) is 0.500. The number of piperidine rings is 2. The first-order valence-corrected chi connectivity index (χ1v) is 26.1. The molecule has 4 atom stereocenters. The molecule has 0 spiro atoms. The Bertz CT molecular complexity index is 2990. The van der Waals surface area contributed by atoms with E-state index in [0.29, 0.717) is 67.4 Å². The molecular formula is C56H64F2N10O5. The van der Waals surface area contributed by atoms with Crippen molar-refractivity contribution in [2.45, 2.75) is 94.7 Å². The van der Waals surface area contributed by atoms with Gasteiger partial charge in [-0.2, -0.15) is 9.97 Å². The Kier molecular flexibility index (Phi) is 13.4. The number of aromatic nitrogens is 3. The fourth-order valence-corrected chi connectivity index (χ4v) is 12.5. The zero-order valence-electron chi connectivity index (χ0n) is 41.6. The number of likely N-dealkylation sites (tertiary alicyclic amines) is 2. The van der Waals surface area contributed by atoms with Crippen molar-refractivity contribution in [2.75, 3.05) is 76.4 Å². The summed E-state index contributed by atoms with van der Waals surface area (Å²) in [6.07, 6.45) is 17.3. The van der Waals surface area contributed by atoms with E-state index in [1.54, 1.807) is 13.2 Å². The number of pyridine rings is 1. The molecule has 5 aliphatic heterocycles. The van der Waals surface area contributed by atoms with Gasteiger partial charge in [0.05, 0.1) is 35.2 Å². The van der Waals surface area contributed by atoms with Crippen molar-refractivity contribution in [3.8, 4) is 35.4 Å². The minimum atomic E-state index is -0.741. The van der Waals surface area contributed by atoms with E-state index in [2.05, 4.69) is 59.9 Å². The number of aromatic hydroxyl groups is 1. The van der Waals surface area contributed by atoms with Crippen molar-refractivity contribution in [1.29, 1.82) is 0 Å². The van der Waals surface area contributed by atoms with Gasteiger partial charge in [-0.25, -0.2) is 14.2 Å². The van der Waals surface area contributed by atoms with E-state index in [0.717, 1.165) is 102 Å². The molecule has 1 saturated carbocycles. The highest BCUT2D eigenvalue weighted by Gasteiger charge is 2.46. The average molecular weight is 995 g/mol. The molecule has 382 valence electrons. The van der Waals surface area contributed by atoms with Gasteiger partial charge in [-0.3, -0.25) is 14.6 Å². The zero-order chi connectivity index (χ0) is 50.5. The normalized spacial score (nSPS) is 22.3. The molecule has 4 saturated heterocycles. The number of carbonyl (C=O) groups is 3. The molecule has 11 rings (SSSR count). The van der Waals surface area contributed by atoms with Crippen molar-refractivity contribution >= 4 is 51.3 Å². The standard InChI is InChI=1S/C56H64F2N10O5/c1-4-40-45(57)12-8-36-25-39(70)27-43(48(36)40)51-49(58)52-44(28-60-51)53(68-29-37-9-10-38(30-68)61-37)63-55(62-52)73-32-56(17-18-56)31-66-19-13-33(14-20-66)24-47(71)67-21-15-34(16-22-67)35-7-11-41-46(26-35)65(3)64-50(41)42(6-5-23-69)54(72)59-2/h1,7-8,11-12,23,25-28,33-34,37-38,42,50,61,64,70H,5-6,9-10,13-22,24,29-32H2,2-3H3,(H,59,72). The van der Waals surface area contributed by atoms with E-state index in [1.807, 2.05) is 12.1 Å². The van der Waals surface area contributed by atoms with Gasteiger partial charge in [-0.05, 0) is 123 Å². The number of aldehydes is 1. The molecule has 17 heteroatoms. The van der Waals surface area contributed by atoms with Crippen LogP contribution in [0.25, 0.3) is 32.9 Å². The van der Waals surface area contributed by atoms with E-state index in [-0.39, 0.29) is 80.8 Å². The lowest BCUT2D eigenvalue weighted by atomic mass is 9.85. The fourth-order valence-electron chi connectivity index (χ4n) is 12.5. The second-order valence-electron chi connectivity index (χ2n) is 21.5. The largest absolute Gasteiger partial charge is 0.508 e. The maximum atomic E-state index is 17.1. The minimum Gasteiger partial charge on any atom is -0.508 e. The molecule has 2 bridgehead atoms. The number of phenols is 1. The number of halogens is 2. The number of nitrogens with one attached hydrogen (secondary N) is 3. The highest BCUT2D eigenvalue weighted by Crippen LogP contribution is 2.48. The summed E-state index contributed by atoms with van der Waals surface area (Å²) in [4.78, 5) is 58.6. The summed E-state index contributed by atoms with van der Waals surface area (Å²) in [5.74, 6) is 1.92. The summed E-state index contributed by atoms with van der Waals surface area (Å²) >= 11 is 0. The SMILES string of the molecule is C#Cc1c(F)ccc2cc(O)cc(-c3ncc4c(N5CC6CCC(C5)N6)nc(OCC5(CN6CCC(CC(=O)N7CCC(c8ccc9c(c8)N(C)NC9C(CCC=O)C(=O)NC)CC7)CC6)CC5)nc4c3F)c12. The van der Waals surface area contributed by atoms with Crippen molar-refractivity contribution in [3.05, 3.63) is 77.0 Å². The number of terminal acetylenes is 1. The maximum Gasteiger partial charge on any atom is 0.319 e. The van der Waals surface area contributed by atoms with E-state index in [9.17, 15) is 19.5 Å². The zero-order valence-corrected chi connectivity index (χ0v) is 41.6. The van der Waals surface area contributed by atoms with Crippen LogP contribution in [-0.4, -0.2) is 127 Å². The lowest BCUT2D eigenvalue weighted by molar-refractivity contribution is -0.133. The number of hydrogen-bond acceptors (Lipinski definition) is 13. The predicted octanol–water partition coefficient (Wildman–Crippen LogP) is 6.75. The summed E-state index contributed by atoms with van der Waals surface area (Å²) in [5.41, 5.74) is 6.74. The summed E-state index contributed by atoms with van der Waals surface area (Å²) in [6.45, 7) is 5.90. The molecule has 5 fully saturated rings.